The first-order valence-corrected chi connectivity index (χ1v) is 9.37. The van der Waals surface area contributed by atoms with E-state index in [2.05, 4.69) is 30.4 Å². The van der Waals surface area contributed by atoms with E-state index < -0.39 is 0 Å². The molecule has 11 heteroatoms. The molecule has 142 valence electrons. The molecule has 1 aromatic carbocycles. The largest absolute Gasteiger partial charge is 0.364 e. The van der Waals surface area contributed by atoms with E-state index in [-0.39, 0.29) is 6.73 Å². The van der Waals surface area contributed by atoms with Crippen LogP contribution in [0.1, 0.15) is 5.56 Å². The fourth-order valence-electron chi connectivity index (χ4n) is 2.01. The predicted octanol–water partition coefficient (Wildman–Crippen LogP) is 2.48. The Morgan fingerprint density at radius 2 is 1.96 bits per heavy atom. The molecule has 0 radical (unpaired) electrons. The molecule has 9 nitrogen and oxygen atoms in total. The number of aromatic nitrogens is 6. The molecule has 3 rings (SSSR count). The summed E-state index contributed by atoms with van der Waals surface area (Å²) < 4.78 is 6.53. The van der Waals surface area contributed by atoms with Crippen molar-refractivity contribution in [2.45, 2.75) is 10.9 Å². The molecular weight excluding hydrogens is 388 g/mol. The highest BCUT2D eigenvalue weighted by atomic mass is 35.5. The molecule has 0 fully saturated rings. The van der Waals surface area contributed by atoms with Crippen LogP contribution < -0.4 is 10.2 Å². The fourth-order valence-corrected chi connectivity index (χ4v) is 2.89. The average Bonchev–Trinajstić information content (AvgIpc) is 3.15. The Labute approximate surface area is 166 Å². The minimum absolute atomic E-state index is 0.288. The number of hydrogen-bond acceptors (Lipinski definition) is 9. The third-order valence-corrected chi connectivity index (χ3v) is 4.52. The second kappa shape index (κ2) is 8.98. The van der Waals surface area contributed by atoms with E-state index in [9.17, 15) is 0 Å². The summed E-state index contributed by atoms with van der Waals surface area (Å²) in [7, 11) is 5.30. The Hall–Kier alpha value is -2.43. The van der Waals surface area contributed by atoms with Crippen molar-refractivity contribution >= 4 is 35.3 Å². The lowest BCUT2D eigenvalue weighted by Crippen LogP contribution is -2.18. The zero-order valence-electron chi connectivity index (χ0n) is 15.1. The molecule has 0 spiro atoms. The molecule has 0 bridgehead atoms. The van der Waals surface area contributed by atoms with Crippen LogP contribution in [-0.4, -0.2) is 57.7 Å². The molecule has 0 saturated heterocycles. The van der Waals surface area contributed by atoms with Crippen LogP contribution in [0.25, 0.3) is 5.95 Å². The van der Waals surface area contributed by atoms with E-state index in [0.29, 0.717) is 23.0 Å². The molecule has 2 aromatic heterocycles. The number of halogens is 1. The first-order valence-electron chi connectivity index (χ1n) is 8.00. The molecular formula is C16H19ClN8OS. The smallest absolute Gasteiger partial charge is 0.258 e. The quantitative estimate of drug-likeness (QED) is 0.447. The lowest BCUT2D eigenvalue weighted by atomic mass is 10.2. The summed E-state index contributed by atoms with van der Waals surface area (Å²) in [6.07, 6.45) is 1.58. The minimum atomic E-state index is 0.288. The predicted molar refractivity (Wildman–Crippen MR) is 106 cm³/mol. The van der Waals surface area contributed by atoms with E-state index >= 15 is 0 Å². The maximum Gasteiger partial charge on any atom is 0.258 e. The van der Waals surface area contributed by atoms with Gasteiger partial charge in [-0.2, -0.15) is 19.6 Å². The van der Waals surface area contributed by atoms with E-state index in [1.165, 1.54) is 16.4 Å². The summed E-state index contributed by atoms with van der Waals surface area (Å²) in [6, 6.07) is 7.70. The van der Waals surface area contributed by atoms with Crippen molar-refractivity contribution in [3.05, 3.63) is 41.2 Å². The number of thioether (sulfide) groups is 1. The Morgan fingerprint density at radius 1 is 1.19 bits per heavy atom. The van der Waals surface area contributed by atoms with Crippen molar-refractivity contribution in [2.75, 3.05) is 38.2 Å². The van der Waals surface area contributed by atoms with Gasteiger partial charge < -0.3 is 15.0 Å². The number of benzene rings is 1. The van der Waals surface area contributed by atoms with E-state index in [1.807, 2.05) is 38.4 Å². The Morgan fingerprint density at radius 3 is 2.67 bits per heavy atom. The summed E-state index contributed by atoms with van der Waals surface area (Å²) >= 11 is 7.43. The van der Waals surface area contributed by atoms with Crippen molar-refractivity contribution < 1.29 is 4.74 Å². The number of nitrogens with zero attached hydrogens (tertiary/aromatic N) is 7. The Bertz CT molecular complexity index is 886. The highest BCUT2D eigenvalue weighted by Crippen LogP contribution is 2.21. The summed E-state index contributed by atoms with van der Waals surface area (Å²) in [5.74, 6) is 2.01. The van der Waals surface area contributed by atoms with Gasteiger partial charge in [-0.3, -0.25) is 0 Å². The van der Waals surface area contributed by atoms with Gasteiger partial charge in [0.2, 0.25) is 17.1 Å². The van der Waals surface area contributed by atoms with E-state index in [1.54, 1.807) is 18.3 Å². The van der Waals surface area contributed by atoms with Crippen molar-refractivity contribution in [1.29, 1.82) is 0 Å². The number of ether oxygens (including phenoxy) is 1. The van der Waals surface area contributed by atoms with Gasteiger partial charge in [0.1, 0.15) is 13.1 Å². The van der Waals surface area contributed by atoms with Crippen LogP contribution in [0.3, 0.4) is 0 Å². The summed E-state index contributed by atoms with van der Waals surface area (Å²) in [5.41, 5.74) is 1.14. The van der Waals surface area contributed by atoms with Crippen molar-refractivity contribution in [2.24, 2.45) is 0 Å². The second-order valence-corrected chi connectivity index (χ2v) is 7.03. The topological polar surface area (TPSA) is 93.9 Å². The van der Waals surface area contributed by atoms with Gasteiger partial charge in [0.05, 0.1) is 0 Å². The van der Waals surface area contributed by atoms with Gasteiger partial charge in [-0.25, -0.2) is 4.98 Å². The highest BCUT2D eigenvalue weighted by Gasteiger charge is 2.12. The third kappa shape index (κ3) is 5.28. The lowest BCUT2D eigenvalue weighted by Gasteiger charge is -2.12. The van der Waals surface area contributed by atoms with Gasteiger partial charge in [0.15, 0.2) is 0 Å². The number of anilines is 2. The van der Waals surface area contributed by atoms with Crippen LogP contribution in [0.4, 0.5) is 11.9 Å². The normalized spacial score (nSPS) is 10.8. The standard InChI is InChI=1S/C16H19ClN8OS/c1-24(2)14-20-13(19-10-26-3)21-15(22-14)25-9-18-16(23-25)27-8-11-4-6-12(17)7-5-11/h4-7,9H,8,10H2,1-3H3,(H,19,20,21,22). The first kappa shape index (κ1) is 19.3. The molecule has 2 heterocycles. The van der Waals surface area contributed by atoms with Crippen LogP contribution >= 0.6 is 23.4 Å². The van der Waals surface area contributed by atoms with Crippen molar-refractivity contribution in [3.8, 4) is 5.95 Å². The summed E-state index contributed by atoms with van der Waals surface area (Å²) in [4.78, 5) is 19.2. The van der Waals surface area contributed by atoms with Gasteiger partial charge in [-0.1, -0.05) is 35.5 Å². The van der Waals surface area contributed by atoms with Crippen molar-refractivity contribution in [1.82, 2.24) is 29.7 Å². The summed E-state index contributed by atoms with van der Waals surface area (Å²) in [5, 5.41) is 8.76. The Balaban J connectivity index is 1.76. The van der Waals surface area contributed by atoms with Crippen LogP contribution in [-0.2, 0) is 10.5 Å². The zero-order chi connectivity index (χ0) is 19.2. The van der Waals surface area contributed by atoms with Gasteiger partial charge in [0, 0.05) is 32.0 Å². The number of methoxy groups -OCH3 is 1. The van der Waals surface area contributed by atoms with Crippen LogP contribution in [0, 0.1) is 0 Å². The zero-order valence-corrected chi connectivity index (χ0v) is 16.7. The number of nitrogens with one attached hydrogen (secondary N) is 1. The van der Waals surface area contributed by atoms with E-state index in [4.69, 9.17) is 16.3 Å². The van der Waals surface area contributed by atoms with Crippen LogP contribution in [0.15, 0.2) is 35.7 Å². The lowest BCUT2D eigenvalue weighted by molar-refractivity contribution is 0.220. The molecule has 0 atom stereocenters. The Kier molecular flexibility index (Phi) is 6.43. The SMILES string of the molecule is COCNc1nc(N(C)C)nc(-n2cnc(SCc3ccc(Cl)cc3)n2)n1. The van der Waals surface area contributed by atoms with Crippen molar-refractivity contribution in [3.63, 3.8) is 0 Å². The molecule has 0 aliphatic rings. The molecule has 0 saturated carbocycles. The summed E-state index contributed by atoms with van der Waals surface area (Å²) in [6.45, 7) is 0.288. The van der Waals surface area contributed by atoms with Gasteiger partial charge in [-0.05, 0) is 17.7 Å². The highest BCUT2D eigenvalue weighted by molar-refractivity contribution is 7.98. The second-order valence-electron chi connectivity index (χ2n) is 5.65. The molecule has 0 aliphatic carbocycles. The monoisotopic (exact) mass is 406 g/mol. The molecule has 3 aromatic rings. The molecule has 0 aliphatic heterocycles. The number of hydrogen-bond donors (Lipinski definition) is 1. The third-order valence-electron chi connectivity index (χ3n) is 3.34. The van der Waals surface area contributed by atoms with Crippen LogP contribution in [0.2, 0.25) is 5.02 Å². The van der Waals surface area contributed by atoms with Gasteiger partial charge in [-0.15, -0.1) is 5.10 Å². The first-order chi connectivity index (χ1) is 13.0. The molecule has 0 unspecified atom stereocenters. The molecule has 1 N–H and O–H groups in total. The van der Waals surface area contributed by atoms with E-state index in [0.717, 1.165) is 16.3 Å². The van der Waals surface area contributed by atoms with Crippen LogP contribution in [0.5, 0.6) is 0 Å². The number of rotatable bonds is 8. The molecule has 27 heavy (non-hydrogen) atoms. The average molecular weight is 407 g/mol. The minimum Gasteiger partial charge on any atom is -0.364 e. The fraction of sp³-hybridized carbons (Fsp3) is 0.312. The van der Waals surface area contributed by atoms with Gasteiger partial charge in [0.25, 0.3) is 5.95 Å². The van der Waals surface area contributed by atoms with Gasteiger partial charge >= 0.3 is 0 Å². The maximum atomic E-state index is 5.91. The maximum absolute atomic E-state index is 5.91. The molecule has 0 amide bonds.